The topological polar surface area (TPSA) is 87.9 Å². The van der Waals surface area contributed by atoms with Crippen LogP contribution >= 0.6 is 11.3 Å². The van der Waals surface area contributed by atoms with E-state index in [1.807, 2.05) is 61.5 Å². The summed E-state index contributed by atoms with van der Waals surface area (Å²) in [6, 6.07) is 18.7. The van der Waals surface area contributed by atoms with Crippen LogP contribution in [0.5, 0.6) is 0 Å². The first kappa shape index (κ1) is 22.9. The summed E-state index contributed by atoms with van der Waals surface area (Å²) in [4.78, 5) is 20.1. The molecule has 2 aromatic carbocycles. The van der Waals surface area contributed by atoms with Crippen LogP contribution in [0.2, 0.25) is 0 Å². The van der Waals surface area contributed by atoms with Crippen LogP contribution in [0.3, 0.4) is 0 Å². The van der Waals surface area contributed by atoms with Crippen LogP contribution in [0.25, 0.3) is 15.5 Å². The van der Waals surface area contributed by atoms with Crippen molar-refractivity contribution >= 4 is 26.3 Å². The summed E-state index contributed by atoms with van der Waals surface area (Å²) in [5.74, 6) is 0.0113. The average Bonchev–Trinajstić information content (AvgIpc) is 3.25. The molecule has 0 saturated carbocycles. The monoisotopic (exact) mass is 495 g/mol. The van der Waals surface area contributed by atoms with Gasteiger partial charge in [0.25, 0.3) is 5.56 Å². The average molecular weight is 496 g/mol. The van der Waals surface area contributed by atoms with Crippen LogP contribution < -0.4 is 5.56 Å². The number of fused-ring (bicyclic) bond motifs is 1. The highest BCUT2D eigenvalue weighted by molar-refractivity contribution is 7.88. The van der Waals surface area contributed by atoms with E-state index in [1.165, 1.54) is 21.9 Å². The van der Waals surface area contributed by atoms with E-state index in [2.05, 4.69) is 15.0 Å². The van der Waals surface area contributed by atoms with Gasteiger partial charge in [0.2, 0.25) is 15.0 Å². The molecule has 1 fully saturated rings. The number of benzene rings is 2. The van der Waals surface area contributed by atoms with Crippen molar-refractivity contribution in [3.63, 3.8) is 0 Å². The zero-order valence-corrected chi connectivity index (χ0v) is 20.4. The van der Waals surface area contributed by atoms with Gasteiger partial charge in [-0.2, -0.15) is 13.9 Å². The van der Waals surface area contributed by atoms with Crippen LogP contribution in [0.4, 0.5) is 0 Å². The van der Waals surface area contributed by atoms with Crippen LogP contribution in [-0.4, -0.2) is 58.4 Å². The van der Waals surface area contributed by atoms with E-state index >= 15 is 0 Å². The Kier molecular flexibility index (Phi) is 6.30. The lowest BCUT2D eigenvalue weighted by Gasteiger charge is -2.33. The van der Waals surface area contributed by atoms with Gasteiger partial charge in [-0.05, 0) is 18.1 Å². The maximum absolute atomic E-state index is 12.8. The lowest BCUT2D eigenvalue weighted by Crippen LogP contribution is -2.48. The molecule has 1 aliphatic rings. The van der Waals surface area contributed by atoms with Crippen molar-refractivity contribution in [3.05, 3.63) is 87.8 Å². The third kappa shape index (κ3) is 4.80. The van der Waals surface area contributed by atoms with E-state index < -0.39 is 10.0 Å². The number of nitrogens with zero attached hydrogens (tertiary/aromatic N) is 5. The van der Waals surface area contributed by atoms with E-state index in [9.17, 15) is 13.2 Å². The molecule has 0 unspecified atom stereocenters. The lowest BCUT2D eigenvalue weighted by atomic mass is 10.1. The van der Waals surface area contributed by atoms with E-state index in [1.54, 1.807) is 4.31 Å². The van der Waals surface area contributed by atoms with Crippen molar-refractivity contribution in [1.29, 1.82) is 0 Å². The minimum Gasteiger partial charge on any atom is -0.295 e. The maximum atomic E-state index is 12.8. The molecular formula is C24H25N5O3S2. The third-order valence-corrected chi connectivity index (χ3v) is 8.77. The Hall–Kier alpha value is -2.92. The summed E-state index contributed by atoms with van der Waals surface area (Å²) in [5.41, 5.74) is 3.34. The Bertz CT molecular complexity index is 1470. The molecule has 3 heterocycles. The summed E-state index contributed by atoms with van der Waals surface area (Å²) in [7, 11) is -3.36. The van der Waals surface area contributed by atoms with Gasteiger partial charge in [-0.1, -0.05) is 65.9 Å². The Labute approximate surface area is 202 Å². The highest BCUT2D eigenvalue weighted by Crippen LogP contribution is 2.27. The van der Waals surface area contributed by atoms with E-state index in [-0.39, 0.29) is 11.3 Å². The summed E-state index contributed by atoms with van der Waals surface area (Å²) in [5, 5.41) is 5.24. The fourth-order valence-electron chi connectivity index (χ4n) is 4.13. The fraction of sp³-hybridized carbons (Fsp3) is 0.292. The van der Waals surface area contributed by atoms with Crippen LogP contribution in [0.1, 0.15) is 16.8 Å². The molecule has 0 spiro atoms. The number of sulfonamides is 1. The summed E-state index contributed by atoms with van der Waals surface area (Å²) < 4.78 is 28.5. The highest BCUT2D eigenvalue weighted by Gasteiger charge is 2.27. The van der Waals surface area contributed by atoms with Crippen molar-refractivity contribution in [2.24, 2.45) is 0 Å². The van der Waals surface area contributed by atoms with E-state index in [0.717, 1.165) is 21.7 Å². The first-order valence-corrected chi connectivity index (χ1v) is 13.5. The number of aromatic nitrogens is 3. The smallest absolute Gasteiger partial charge is 0.275 e. The van der Waals surface area contributed by atoms with Crippen LogP contribution in [-0.2, 0) is 22.3 Å². The molecule has 0 N–H and O–H groups in total. The van der Waals surface area contributed by atoms with Gasteiger partial charge >= 0.3 is 0 Å². The largest absolute Gasteiger partial charge is 0.295 e. The normalized spacial score (nSPS) is 15.7. The third-order valence-electron chi connectivity index (χ3n) is 5.98. The van der Waals surface area contributed by atoms with Gasteiger partial charge in [-0.25, -0.2) is 13.4 Å². The van der Waals surface area contributed by atoms with Gasteiger partial charge in [-0.3, -0.25) is 9.69 Å². The molecule has 1 aliphatic heterocycles. The van der Waals surface area contributed by atoms with Crippen molar-refractivity contribution in [2.45, 2.75) is 19.2 Å². The molecule has 0 bridgehead atoms. The number of aryl methyl sites for hydroxylation is 1. The maximum Gasteiger partial charge on any atom is 0.275 e. The number of rotatable bonds is 6. The molecule has 0 aliphatic carbocycles. The van der Waals surface area contributed by atoms with Gasteiger partial charge in [0.05, 0.1) is 11.4 Å². The van der Waals surface area contributed by atoms with Gasteiger partial charge in [0.1, 0.15) is 5.01 Å². The quantitative estimate of drug-likeness (QED) is 0.409. The minimum absolute atomic E-state index is 0.0113. The summed E-state index contributed by atoms with van der Waals surface area (Å²) >= 11 is 1.39. The van der Waals surface area contributed by atoms with Crippen molar-refractivity contribution in [2.75, 3.05) is 26.2 Å². The number of hydrogen-bond donors (Lipinski definition) is 0. The molecule has 5 rings (SSSR count). The van der Waals surface area contributed by atoms with E-state index in [4.69, 9.17) is 0 Å². The number of hydrogen-bond acceptors (Lipinski definition) is 7. The van der Waals surface area contributed by atoms with E-state index in [0.29, 0.717) is 43.4 Å². The second-order valence-corrected chi connectivity index (χ2v) is 11.3. The molecule has 0 radical (unpaired) electrons. The minimum atomic E-state index is -3.36. The van der Waals surface area contributed by atoms with Crippen LogP contribution in [0.15, 0.2) is 65.5 Å². The van der Waals surface area contributed by atoms with Gasteiger partial charge in [0.15, 0.2) is 0 Å². The molecular weight excluding hydrogens is 470 g/mol. The van der Waals surface area contributed by atoms with Gasteiger partial charge in [0, 0.05) is 44.4 Å². The van der Waals surface area contributed by atoms with Crippen molar-refractivity contribution in [1.82, 2.24) is 23.8 Å². The molecule has 0 atom stereocenters. The first-order valence-electron chi connectivity index (χ1n) is 11.1. The number of piperazine rings is 1. The molecule has 8 nitrogen and oxygen atoms in total. The summed E-state index contributed by atoms with van der Waals surface area (Å²) in [6.07, 6.45) is 0. The molecule has 176 valence electrons. The second-order valence-electron chi connectivity index (χ2n) is 8.42. The fourth-order valence-corrected chi connectivity index (χ4v) is 6.66. The molecule has 34 heavy (non-hydrogen) atoms. The first-order chi connectivity index (χ1) is 16.4. The SMILES string of the molecule is Cc1ccccc1-c1nn2c(=O)cc(CN3CCN(S(=O)(=O)Cc4ccccc4)CC3)nc2s1. The Morgan fingerprint density at radius 1 is 0.971 bits per heavy atom. The Morgan fingerprint density at radius 3 is 2.41 bits per heavy atom. The zero-order chi connectivity index (χ0) is 23.7. The van der Waals surface area contributed by atoms with Crippen LogP contribution in [0, 0.1) is 6.92 Å². The summed E-state index contributed by atoms with van der Waals surface area (Å²) in [6.45, 7) is 4.54. The molecule has 1 saturated heterocycles. The van der Waals surface area contributed by atoms with Gasteiger partial charge < -0.3 is 0 Å². The zero-order valence-electron chi connectivity index (χ0n) is 18.8. The Morgan fingerprint density at radius 2 is 1.68 bits per heavy atom. The molecule has 2 aromatic heterocycles. The standard InChI is InChI=1S/C24H25N5O3S2/c1-18-7-5-6-10-21(18)23-26-29-22(30)15-20(25-24(29)33-23)16-27-11-13-28(14-12-27)34(31,32)17-19-8-3-2-4-9-19/h2-10,15H,11-14,16-17H2,1H3. The predicted octanol–water partition coefficient (Wildman–Crippen LogP) is 2.77. The van der Waals surface area contributed by atoms with Crippen molar-refractivity contribution in [3.8, 4) is 10.6 Å². The molecule has 4 aromatic rings. The lowest BCUT2D eigenvalue weighted by molar-refractivity contribution is 0.180. The second kappa shape index (κ2) is 9.38. The van der Waals surface area contributed by atoms with Crippen molar-refractivity contribution < 1.29 is 8.42 Å². The predicted molar refractivity (Wildman–Crippen MR) is 133 cm³/mol. The molecule has 10 heteroatoms. The Balaban J connectivity index is 1.27. The highest BCUT2D eigenvalue weighted by atomic mass is 32.2. The van der Waals surface area contributed by atoms with Gasteiger partial charge in [-0.15, -0.1) is 0 Å². The molecule has 0 amide bonds.